The average Bonchev–Trinajstić information content (AvgIpc) is 2.96. The molecule has 0 radical (unpaired) electrons. The zero-order valence-electron chi connectivity index (χ0n) is 14.3. The second-order valence-electron chi connectivity index (χ2n) is 8.68. The number of hydrogen-bond donors (Lipinski definition) is 2. The number of nitrogens with one attached hydrogen (secondary N) is 2. The molecule has 3 heteroatoms. The predicted octanol–water partition coefficient (Wildman–Crippen LogP) is 4.30. The third-order valence-corrected chi connectivity index (χ3v) is 6.81. The van der Waals surface area contributed by atoms with Gasteiger partial charge in [0.2, 0.25) is 0 Å². The summed E-state index contributed by atoms with van der Waals surface area (Å²) in [5.41, 5.74) is 2.11. The summed E-state index contributed by atoms with van der Waals surface area (Å²) in [5.74, 6) is 2.93. The molecule has 4 fully saturated rings. The first-order valence-corrected chi connectivity index (χ1v) is 9.50. The highest BCUT2D eigenvalue weighted by Gasteiger charge is 2.51. The molecule has 6 rings (SSSR count). The van der Waals surface area contributed by atoms with Gasteiger partial charge in [-0.15, -0.1) is 0 Å². The molecule has 0 unspecified atom stereocenters. The molecule has 4 saturated carbocycles. The molecular weight excluding hydrogens is 296 g/mol. The van der Waals surface area contributed by atoms with Crippen LogP contribution in [0.4, 0.5) is 0 Å². The quantitative estimate of drug-likeness (QED) is 0.825. The van der Waals surface area contributed by atoms with Gasteiger partial charge < -0.3 is 10.3 Å². The van der Waals surface area contributed by atoms with Crippen molar-refractivity contribution in [2.24, 2.45) is 17.8 Å². The summed E-state index contributed by atoms with van der Waals surface area (Å²) in [4.78, 5) is 16.3. The van der Waals surface area contributed by atoms with E-state index >= 15 is 0 Å². The van der Waals surface area contributed by atoms with E-state index in [4.69, 9.17) is 0 Å². The number of aromatic amines is 1. The van der Waals surface area contributed by atoms with Gasteiger partial charge in [-0.1, -0.05) is 18.2 Å². The van der Waals surface area contributed by atoms with Crippen molar-refractivity contribution in [2.45, 2.75) is 57.0 Å². The summed E-state index contributed by atoms with van der Waals surface area (Å²) in [7, 11) is 0. The first kappa shape index (κ1) is 14.7. The lowest BCUT2D eigenvalue weighted by atomic mass is 9.53. The van der Waals surface area contributed by atoms with Crippen molar-refractivity contribution in [1.29, 1.82) is 0 Å². The minimum atomic E-state index is -0.111. The number of hydrogen-bond acceptors (Lipinski definition) is 2. The van der Waals surface area contributed by atoms with Gasteiger partial charge in [-0.05, 0) is 69.3 Å². The number of carbonyl (C=O) groups excluding carboxylic acids is 1. The molecule has 126 valence electrons. The summed E-state index contributed by atoms with van der Waals surface area (Å²) in [6.45, 7) is 2.06. The van der Waals surface area contributed by atoms with Gasteiger partial charge in [0, 0.05) is 28.2 Å². The third-order valence-electron chi connectivity index (χ3n) is 6.81. The van der Waals surface area contributed by atoms with E-state index in [9.17, 15) is 4.79 Å². The molecule has 3 nitrogen and oxygen atoms in total. The second kappa shape index (κ2) is 5.19. The Balaban J connectivity index is 1.39. The monoisotopic (exact) mass is 322 g/mol. The Labute approximate surface area is 143 Å². The van der Waals surface area contributed by atoms with Crippen LogP contribution in [0.3, 0.4) is 0 Å². The number of Topliss-reactive ketones (excluding diaryl/α,β-unsaturated/α-hetero) is 1. The number of aromatic nitrogens is 1. The highest BCUT2D eigenvalue weighted by Crippen LogP contribution is 2.55. The molecule has 1 aromatic carbocycles. The number of ketones is 1. The first-order chi connectivity index (χ1) is 11.6. The Morgan fingerprint density at radius 3 is 2.42 bits per heavy atom. The molecule has 1 atom stereocenters. The van der Waals surface area contributed by atoms with E-state index in [0.717, 1.165) is 34.2 Å². The molecule has 4 aliphatic rings. The van der Waals surface area contributed by atoms with Crippen LogP contribution in [0.25, 0.3) is 10.9 Å². The van der Waals surface area contributed by atoms with E-state index in [1.165, 1.54) is 38.5 Å². The van der Waals surface area contributed by atoms with Gasteiger partial charge in [0.1, 0.15) is 0 Å². The Kier molecular flexibility index (Phi) is 3.18. The van der Waals surface area contributed by atoms with E-state index < -0.39 is 0 Å². The molecule has 4 bridgehead atoms. The fraction of sp³-hybridized carbons (Fsp3) is 0.571. The number of rotatable bonds is 4. The maximum absolute atomic E-state index is 13.1. The highest BCUT2D eigenvalue weighted by atomic mass is 16.1. The van der Waals surface area contributed by atoms with Gasteiger partial charge >= 0.3 is 0 Å². The van der Waals surface area contributed by atoms with Crippen molar-refractivity contribution in [1.82, 2.24) is 10.3 Å². The molecule has 0 saturated heterocycles. The average molecular weight is 322 g/mol. The van der Waals surface area contributed by atoms with Gasteiger partial charge in [0.05, 0.1) is 6.04 Å². The third kappa shape index (κ3) is 2.25. The van der Waals surface area contributed by atoms with Crippen LogP contribution in [0.5, 0.6) is 0 Å². The van der Waals surface area contributed by atoms with Crippen LogP contribution in [0, 0.1) is 17.8 Å². The minimum absolute atomic E-state index is 0.111. The number of H-pyrrole nitrogens is 1. The van der Waals surface area contributed by atoms with Crippen LogP contribution in [-0.2, 0) is 0 Å². The van der Waals surface area contributed by atoms with E-state index in [-0.39, 0.29) is 17.4 Å². The molecule has 0 amide bonds. The van der Waals surface area contributed by atoms with Crippen molar-refractivity contribution in [3.05, 3.63) is 36.0 Å². The summed E-state index contributed by atoms with van der Waals surface area (Å²) in [6, 6.07) is 7.97. The van der Waals surface area contributed by atoms with Crippen molar-refractivity contribution in [2.75, 3.05) is 0 Å². The summed E-state index contributed by atoms with van der Waals surface area (Å²) in [5, 5.41) is 4.86. The summed E-state index contributed by atoms with van der Waals surface area (Å²) >= 11 is 0. The van der Waals surface area contributed by atoms with Crippen molar-refractivity contribution in [3.63, 3.8) is 0 Å². The number of carbonyl (C=O) groups is 1. The zero-order valence-corrected chi connectivity index (χ0v) is 14.3. The lowest BCUT2D eigenvalue weighted by Gasteiger charge is -2.57. The largest absolute Gasteiger partial charge is 0.360 e. The summed E-state index contributed by atoms with van der Waals surface area (Å²) < 4.78 is 0. The molecule has 0 aliphatic heterocycles. The van der Waals surface area contributed by atoms with Gasteiger partial charge in [-0.25, -0.2) is 0 Å². The van der Waals surface area contributed by atoms with Crippen LogP contribution < -0.4 is 5.32 Å². The minimum Gasteiger partial charge on any atom is -0.360 e. The maximum atomic E-state index is 13.1. The smallest absolute Gasteiger partial charge is 0.181 e. The second-order valence-corrected chi connectivity index (χ2v) is 8.68. The van der Waals surface area contributed by atoms with Gasteiger partial charge in [-0.2, -0.15) is 0 Å². The first-order valence-electron chi connectivity index (χ1n) is 9.50. The van der Waals surface area contributed by atoms with Crippen LogP contribution in [0.15, 0.2) is 30.5 Å². The van der Waals surface area contributed by atoms with Gasteiger partial charge in [-0.3, -0.25) is 4.79 Å². The molecule has 0 spiro atoms. The van der Waals surface area contributed by atoms with Crippen molar-refractivity contribution in [3.8, 4) is 0 Å². The lowest BCUT2D eigenvalue weighted by molar-refractivity contribution is -0.0231. The topological polar surface area (TPSA) is 44.9 Å². The number of benzene rings is 1. The maximum Gasteiger partial charge on any atom is 0.181 e. The fourth-order valence-electron chi connectivity index (χ4n) is 6.32. The zero-order chi connectivity index (χ0) is 16.3. The normalized spacial score (nSPS) is 35.5. The highest BCUT2D eigenvalue weighted by molar-refractivity contribution is 6.10. The molecule has 1 aromatic heterocycles. The molecule has 4 aliphatic carbocycles. The lowest BCUT2D eigenvalue weighted by Crippen LogP contribution is -2.61. The summed E-state index contributed by atoms with van der Waals surface area (Å²) in [6.07, 6.45) is 10.0. The van der Waals surface area contributed by atoms with Crippen molar-refractivity contribution >= 4 is 16.7 Å². The van der Waals surface area contributed by atoms with Crippen LogP contribution in [-0.4, -0.2) is 22.3 Å². The Hall–Kier alpha value is -1.61. The molecule has 2 aromatic rings. The van der Waals surface area contributed by atoms with E-state index in [1.54, 1.807) is 0 Å². The molecule has 2 N–H and O–H groups in total. The number of fused-ring (bicyclic) bond motifs is 1. The molecular formula is C21H26N2O. The van der Waals surface area contributed by atoms with Crippen molar-refractivity contribution < 1.29 is 4.79 Å². The van der Waals surface area contributed by atoms with E-state index in [2.05, 4.69) is 17.2 Å². The molecule has 1 heterocycles. The van der Waals surface area contributed by atoms with E-state index in [1.807, 2.05) is 30.5 Å². The molecule has 24 heavy (non-hydrogen) atoms. The Morgan fingerprint density at radius 1 is 1.12 bits per heavy atom. The van der Waals surface area contributed by atoms with Gasteiger partial charge in [0.25, 0.3) is 0 Å². The Bertz CT molecular complexity index is 755. The van der Waals surface area contributed by atoms with Crippen LogP contribution in [0.1, 0.15) is 55.8 Å². The predicted molar refractivity (Wildman–Crippen MR) is 96.1 cm³/mol. The van der Waals surface area contributed by atoms with Gasteiger partial charge in [0.15, 0.2) is 5.78 Å². The standard InChI is InChI=1S/C21H26N2O/c1-13(20(24)18-12-22-19-5-3-2-4-17(18)19)23-21-9-14-6-15(10-21)8-16(7-14)11-21/h2-5,12-16,22-23H,6-11H2,1H3/t13-,14?,15?,16?,21?/m1/s1. The van der Waals surface area contributed by atoms with Crippen LogP contribution in [0.2, 0.25) is 0 Å². The SMILES string of the molecule is C[C@@H](NC12CC3CC(CC(C3)C1)C2)C(=O)c1c[nH]c2ccccc12. The van der Waals surface area contributed by atoms with Crippen LogP contribution >= 0.6 is 0 Å². The Morgan fingerprint density at radius 2 is 1.75 bits per heavy atom. The fourth-order valence-corrected chi connectivity index (χ4v) is 6.32. The number of para-hydroxylation sites is 1. The van der Waals surface area contributed by atoms with E-state index in [0.29, 0.717) is 0 Å².